The number of nitrogens with zero attached hydrogens (tertiary/aromatic N) is 1. The van der Waals surface area contributed by atoms with Gasteiger partial charge in [0.15, 0.2) is 11.5 Å². The maximum absolute atomic E-state index is 5.95. The Bertz CT molecular complexity index is 443. The van der Waals surface area contributed by atoms with Crippen LogP contribution >= 0.6 is 11.6 Å². The van der Waals surface area contributed by atoms with E-state index in [1.165, 1.54) is 5.56 Å². The second-order valence-electron chi connectivity index (χ2n) is 3.93. The number of hydrogen-bond acceptors (Lipinski definition) is 3. The minimum Gasteiger partial charge on any atom is -0.493 e. The molecule has 3 nitrogen and oxygen atoms in total. The van der Waals surface area contributed by atoms with Crippen molar-refractivity contribution in [1.29, 1.82) is 0 Å². The molecule has 0 aliphatic carbocycles. The second kappa shape index (κ2) is 5.41. The van der Waals surface area contributed by atoms with E-state index in [4.69, 9.17) is 21.1 Å². The second-order valence-corrected chi connectivity index (χ2v) is 4.20. The smallest absolute Gasteiger partial charge is 0.161 e. The molecule has 1 heterocycles. The molecule has 1 aromatic carbocycles. The van der Waals surface area contributed by atoms with Crippen LogP contribution in [0.25, 0.3) is 0 Å². The van der Waals surface area contributed by atoms with Crippen LogP contribution in [0.3, 0.4) is 0 Å². The molecule has 1 aliphatic rings. The number of halogens is 1. The van der Waals surface area contributed by atoms with Crippen molar-refractivity contribution in [2.75, 3.05) is 26.6 Å². The number of methoxy groups -OCH3 is 2. The molecule has 2 rings (SSSR count). The van der Waals surface area contributed by atoms with E-state index in [-0.39, 0.29) is 0 Å². The van der Waals surface area contributed by atoms with E-state index >= 15 is 0 Å². The molecule has 0 bridgehead atoms. The third-order valence-electron chi connectivity index (χ3n) is 2.95. The number of aliphatic imine (C=N–C) groups is 1. The first kappa shape index (κ1) is 12.2. The molecule has 0 atom stereocenters. The Kier molecular flexibility index (Phi) is 3.89. The molecule has 1 aromatic rings. The minimum atomic E-state index is 0.433. The fourth-order valence-corrected chi connectivity index (χ4v) is 2.31. The zero-order chi connectivity index (χ0) is 12.3. The predicted octanol–water partition coefficient (Wildman–Crippen LogP) is 2.68. The average molecular weight is 254 g/mol. The van der Waals surface area contributed by atoms with Gasteiger partial charge in [-0.05, 0) is 30.5 Å². The van der Waals surface area contributed by atoms with Crippen molar-refractivity contribution in [3.05, 3.63) is 23.3 Å². The highest BCUT2D eigenvalue weighted by Crippen LogP contribution is 2.32. The Morgan fingerprint density at radius 2 is 1.94 bits per heavy atom. The number of rotatable bonds is 3. The van der Waals surface area contributed by atoms with Crippen molar-refractivity contribution in [2.24, 2.45) is 4.99 Å². The van der Waals surface area contributed by atoms with Gasteiger partial charge in [0.1, 0.15) is 0 Å². The summed E-state index contributed by atoms with van der Waals surface area (Å²) in [4.78, 5) is 4.50. The Balaban J connectivity index is 2.54. The average Bonchev–Trinajstić information content (AvgIpc) is 2.58. The Morgan fingerprint density at radius 3 is 2.59 bits per heavy atom. The first-order valence-corrected chi connectivity index (χ1v) is 6.18. The van der Waals surface area contributed by atoms with Crippen molar-refractivity contribution in [3.8, 4) is 11.5 Å². The summed E-state index contributed by atoms with van der Waals surface area (Å²) in [6.45, 7) is 0.835. The van der Waals surface area contributed by atoms with Gasteiger partial charge in [-0.15, -0.1) is 11.6 Å². The van der Waals surface area contributed by atoms with Crippen molar-refractivity contribution in [2.45, 2.75) is 12.8 Å². The monoisotopic (exact) mass is 253 g/mol. The molecule has 4 heteroatoms. The predicted molar refractivity (Wildman–Crippen MR) is 70.0 cm³/mol. The molecule has 0 radical (unpaired) electrons. The van der Waals surface area contributed by atoms with E-state index in [2.05, 4.69) is 4.99 Å². The Morgan fingerprint density at radius 1 is 1.24 bits per heavy atom. The fourth-order valence-electron chi connectivity index (χ4n) is 2.08. The molecular weight excluding hydrogens is 238 g/mol. The van der Waals surface area contributed by atoms with Crippen molar-refractivity contribution >= 4 is 17.3 Å². The number of aryl methyl sites for hydroxylation is 1. The highest BCUT2D eigenvalue weighted by molar-refractivity contribution is 6.32. The van der Waals surface area contributed by atoms with Crippen LogP contribution in [-0.2, 0) is 6.42 Å². The lowest BCUT2D eigenvalue weighted by molar-refractivity contribution is 0.354. The van der Waals surface area contributed by atoms with Gasteiger partial charge in [-0.1, -0.05) is 0 Å². The third-order valence-corrected chi connectivity index (χ3v) is 3.21. The van der Waals surface area contributed by atoms with Gasteiger partial charge in [0.05, 0.1) is 25.8 Å². The van der Waals surface area contributed by atoms with Crippen molar-refractivity contribution < 1.29 is 9.47 Å². The summed E-state index contributed by atoms with van der Waals surface area (Å²) < 4.78 is 10.6. The molecule has 0 spiro atoms. The summed E-state index contributed by atoms with van der Waals surface area (Å²) in [7, 11) is 3.29. The van der Waals surface area contributed by atoms with E-state index < -0.39 is 0 Å². The molecule has 0 saturated carbocycles. The van der Waals surface area contributed by atoms with Gasteiger partial charge in [0.2, 0.25) is 0 Å². The normalized spacial score (nSPS) is 14.6. The van der Waals surface area contributed by atoms with Gasteiger partial charge in [0.25, 0.3) is 0 Å². The molecule has 0 unspecified atom stereocenters. The summed E-state index contributed by atoms with van der Waals surface area (Å²) >= 11 is 5.95. The lowest BCUT2D eigenvalue weighted by atomic mass is 10.00. The van der Waals surface area contributed by atoms with Crippen LogP contribution in [0, 0.1) is 0 Å². The van der Waals surface area contributed by atoms with E-state index in [9.17, 15) is 0 Å². The maximum atomic E-state index is 5.95. The van der Waals surface area contributed by atoms with Gasteiger partial charge < -0.3 is 9.47 Å². The zero-order valence-electron chi connectivity index (χ0n) is 10.1. The van der Waals surface area contributed by atoms with Crippen LogP contribution in [0.4, 0.5) is 0 Å². The summed E-state index contributed by atoms with van der Waals surface area (Å²) in [5.74, 6) is 1.93. The first-order valence-electron chi connectivity index (χ1n) is 5.64. The lowest BCUT2D eigenvalue weighted by Gasteiger charge is -2.13. The van der Waals surface area contributed by atoms with Crippen LogP contribution in [0.15, 0.2) is 17.1 Å². The molecule has 1 aliphatic heterocycles. The standard InChI is InChI=1S/C13H16ClNO2/c1-16-12-6-9-4-3-5-15-11(8-14)10(9)7-13(12)17-2/h6-7H,3-5,8H2,1-2H3. The van der Waals surface area contributed by atoms with E-state index in [1.54, 1.807) is 14.2 Å². The Hall–Kier alpha value is -1.22. The van der Waals surface area contributed by atoms with Crippen molar-refractivity contribution in [1.82, 2.24) is 0 Å². The van der Waals surface area contributed by atoms with E-state index in [1.807, 2.05) is 12.1 Å². The van der Waals surface area contributed by atoms with Gasteiger partial charge in [-0.3, -0.25) is 4.99 Å². The number of hydrogen-bond donors (Lipinski definition) is 0. The Labute approximate surface area is 106 Å². The molecule has 0 saturated heterocycles. The van der Waals surface area contributed by atoms with Gasteiger partial charge in [-0.25, -0.2) is 0 Å². The summed E-state index contributed by atoms with van der Waals surface area (Å²) in [5, 5.41) is 0. The quantitative estimate of drug-likeness (QED) is 0.776. The summed E-state index contributed by atoms with van der Waals surface area (Å²) in [6, 6.07) is 4.00. The van der Waals surface area contributed by atoms with Gasteiger partial charge in [-0.2, -0.15) is 0 Å². The number of fused-ring (bicyclic) bond motifs is 1. The lowest BCUT2D eigenvalue weighted by Crippen LogP contribution is -2.06. The van der Waals surface area contributed by atoms with Crippen LogP contribution in [0.1, 0.15) is 17.5 Å². The highest BCUT2D eigenvalue weighted by atomic mass is 35.5. The van der Waals surface area contributed by atoms with Gasteiger partial charge in [0, 0.05) is 12.1 Å². The highest BCUT2D eigenvalue weighted by Gasteiger charge is 2.16. The number of benzene rings is 1. The van der Waals surface area contributed by atoms with Crippen LogP contribution in [0.5, 0.6) is 11.5 Å². The molecular formula is C13H16ClNO2. The van der Waals surface area contributed by atoms with Crippen LogP contribution < -0.4 is 9.47 Å². The van der Waals surface area contributed by atoms with Gasteiger partial charge >= 0.3 is 0 Å². The molecule has 0 fully saturated rings. The first-order chi connectivity index (χ1) is 8.30. The summed E-state index contributed by atoms with van der Waals surface area (Å²) in [5.41, 5.74) is 3.27. The molecule has 0 amide bonds. The fraction of sp³-hybridized carbons (Fsp3) is 0.462. The minimum absolute atomic E-state index is 0.433. The third kappa shape index (κ3) is 2.39. The number of alkyl halides is 1. The number of ether oxygens (including phenoxy) is 2. The molecule has 0 aromatic heterocycles. The SMILES string of the molecule is COc1cc2c(cc1OC)C(CCl)=NCCC2. The summed E-state index contributed by atoms with van der Waals surface area (Å²) in [6.07, 6.45) is 2.04. The van der Waals surface area contributed by atoms with E-state index in [0.29, 0.717) is 5.88 Å². The largest absolute Gasteiger partial charge is 0.493 e. The van der Waals surface area contributed by atoms with Crippen LogP contribution in [0.2, 0.25) is 0 Å². The molecule has 92 valence electrons. The topological polar surface area (TPSA) is 30.8 Å². The molecule has 17 heavy (non-hydrogen) atoms. The van der Waals surface area contributed by atoms with Crippen molar-refractivity contribution in [3.63, 3.8) is 0 Å². The molecule has 0 N–H and O–H groups in total. The van der Waals surface area contributed by atoms with E-state index in [0.717, 1.165) is 42.2 Å². The van der Waals surface area contributed by atoms with Crippen LogP contribution in [-0.4, -0.2) is 32.4 Å². The zero-order valence-corrected chi connectivity index (χ0v) is 10.9. The maximum Gasteiger partial charge on any atom is 0.161 e.